The summed E-state index contributed by atoms with van der Waals surface area (Å²) in [4.78, 5) is 20.9. The van der Waals surface area contributed by atoms with Crippen LogP contribution in [0.1, 0.15) is 101 Å². The lowest BCUT2D eigenvalue weighted by Crippen LogP contribution is -2.57. The van der Waals surface area contributed by atoms with Gasteiger partial charge in [0.05, 0.1) is 0 Å². The Morgan fingerprint density at radius 2 is 0.904 bits per heavy atom. The summed E-state index contributed by atoms with van der Waals surface area (Å²) in [5.41, 5.74) is 8.67. The van der Waals surface area contributed by atoms with Gasteiger partial charge >= 0.3 is 0 Å². The molecule has 2 heterocycles. The molecule has 358 valence electrons. The number of aromatic nitrogens is 4. The number of fused-ring (bicyclic) bond motifs is 4. The molecular formula is C66H58N6O. The van der Waals surface area contributed by atoms with Gasteiger partial charge in [0.2, 0.25) is 5.91 Å². The maximum absolute atomic E-state index is 15.1. The van der Waals surface area contributed by atoms with Crippen molar-refractivity contribution in [2.75, 3.05) is 5.32 Å². The van der Waals surface area contributed by atoms with Crippen molar-refractivity contribution in [3.63, 3.8) is 0 Å². The number of nitrogens with zero attached hydrogens (tertiary/aromatic N) is 4. The van der Waals surface area contributed by atoms with Crippen LogP contribution in [0, 0.1) is 0 Å². The standard InChI is InChI=1S/C66H58N6O/c73-60(69-64-44-41-63(42-45-64,43-46-64)50-27-11-2-12-28-50)48-57(49-25-9-1-10-26-49)58-47-59(68-65(51-29-13-3-14-30-51,52-31-15-4-16-32-52)53-33-17-5-18-34-53)67-62-61(58)70-71-72(62)66(54-35-19-6-20-36-54,55-37-21-7-22-38-55)56-39-23-8-24-40-56/h1-40,47,57H,41-46,48H2,(H,67,68)(H,69,73). The average Bonchev–Trinajstić information content (AvgIpc) is 3.90. The number of anilines is 1. The number of carbonyl (C=O) groups is 1. The Balaban J connectivity index is 1.07. The van der Waals surface area contributed by atoms with Crippen LogP contribution in [0.4, 0.5) is 5.82 Å². The number of pyridine rings is 1. The normalized spacial score (nSPS) is 18.0. The third kappa shape index (κ3) is 8.19. The molecule has 2 bridgehead atoms. The number of benzene rings is 8. The Morgan fingerprint density at radius 1 is 0.507 bits per heavy atom. The minimum atomic E-state index is -1.02. The molecule has 7 nitrogen and oxygen atoms in total. The number of amides is 1. The maximum atomic E-state index is 15.1. The van der Waals surface area contributed by atoms with Gasteiger partial charge in [0, 0.05) is 17.9 Å². The molecule has 2 N–H and O–H groups in total. The minimum absolute atomic E-state index is 0.0363. The Bertz CT molecular complexity index is 3230. The lowest BCUT2D eigenvalue weighted by atomic mass is 9.55. The minimum Gasteiger partial charge on any atom is -0.353 e. The zero-order chi connectivity index (χ0) is 49.1. The largest absolute Gasteiger partial charge is 0.353 e. The van der Waals surface area contributed by atoms with Crippen molar-refractivity contribution in [1.29, 1.82) is 0 Å². The fourth-order valence-electron chi connectivity index (χ4n) is 12.6. The smallest absolute Gasteiger partial charge is 0.221 e. The molecule has 0 spiro atoms. The van der Waals surface area contributed by atoms with Gasteiger partial charge in [0.15, 0.2) is 5.65 Å². The lowest BCUT2D eigenvalue weighted by molar-refractivity contribution is -0.124. The van der Waals surface area contributed by atoms with Crippen LogP contribution in [-0.2, 0) is 21.3 Å². The van der Waals surface area contributed by atoms with E-state index in [2.05, 4.69) is 235 Å². The molecule has 13 rings (SSSR count). The summed E-state index contributed by atoms with van der Waals surface area (Å²) in [6.45, 7) is 0. The number of rotatable bonds is 15. The van der Waals surface area contributed by atoms with E-state index in [9.17, 15) is 0 Å². The molecule has 1 atom stereocenters. The number of nitrogens with one attached hydrogen (secondary N) is 2. The van der Waals surface area contributed by atoms with Gasteiger partial charge in [-0.2, -0.15) is 0 Å². The second-order valence-electron chi connectivity index (χ2n) is 20.2. The first kappa shape index (κ1) is 45.7. The Labute approximate surface area is 428 Å². The van der Waals surface area contributed by atoms with E-state index in [1.54, 1.807) is 0 Å². The van der Waals surface area contributed by atoms with Crippen molar-refractivity contribution >= 4 is 22.9 Å². The van der Waals surface area contributed by atoms with Crippen LogP contribution in [0.25, 0.3) is 11.2 Å². The van der Waals surface area contributed by atoms with Gasteiger partial charge in [0.25, 0.3) is 0 Å². The fourth-order valence-corrected chi connectivity index (χ4v) is 12.6. The molecule has 1 amide bonds. The SMILES string of the molecule is O=C(CC(c1ccccc1)c1cc(NC(c2ccccc2)(c2ccccc2)c2ccccc2)nc2c1nnn2C(c1ccccc1)(c1ccccc1)c1ccccc1)NC12CCC(c3ccccc3)(CC1)CC2. The second-order valence-corrected chi connectivity index (χ2v) is 20.2. The molecule has 1 unspecified atom stereocenters. The predicted molar refractivity (Wildman–Crippen MR) is 292 cm³/mol. The first-order valence-electron chi connectivity index (χ1n) is 25.8. The molecule has 0 radical (unpaired) electrons. The van der Waals surface area contributed by atoms with Crippen molar-refractivity contribution < 1.29 is 4.79 Å². The zero-order valence-electron chi connectivity index (χ0n) is 40.9. The fraction of sp³-hybridized carbons (Fsp3) is 0.182. The van der Waals surface area contributed by atoms with Gasteiger partial charge in [-0.15, -0.1) is 5.10 Å². The number of hydrogen-bond acceptors (Lipinski definition) is 5. The van der Waals surface area contributed by atoms with Crippen molar-refractivity contribution in [2.24, 2.45) is 0 Å². The van der Waals surface area contributed by atoms with Crippen LogP contribution in [0.5, 0.6) is 0 Å². The summed E-state index contributed by atoms with van der Waals surface area (Å²) in [6, 6.07) is 87.1. The quantitative estimate of drug-likeness (QED) is 0.100. The summed E-state index contributed by atoms with van der Waals surface area (Å²) >= 11 is 0. The predicted octanol–water partition coefficient (Wildman–Crippen LogP) is 13.8. The summed E-state index contributed by atoms with van der Waals surface area (Å²) in [5.74, 6) is 0.236. The molecule has 3 aliphatic rings. The van der Waals surface area contributed by atoms with E-state index in [0.717, 1.165) is 83.0 Å². The van der Waals surface area contributed by atoms with Gasteiger partial charge < -0.3 is 10.6 Å². The highest BCUT2D eigenvalue weighted by Gasteiger charge is 2.50. The Morgan fingerprint density at radius 3 is 1.34 bits per heavy atom. The van der Waals surface area contributed by atoms with E-state index in [1.165, 1.54) is 5.56 Å². The first-order chi connectivity index (χ1) is 36.0. The van der Waals surface area contributed by atoms with Gasteiger partial charge in [0.1, 0.15) is 22.4 Å². The molecule has 3 saturated carbocycles. The molecule has 7 heteroatoms. The Kier molecular flexibility index (Phi) is 12.1. The summed E-state index contributed by atoms with van der Waals surface area (Å²) < 4.78 is 2.02. The molecule has 73 heavy (non-hydrogen) atoms. The lowest BCUT2D eigenvalue weighted by Gasteiger charge is -2.54. The molecule has 10 aromatic rings. The molecular weight excluding hydrogens is 893 g/mol. The van der Waals surface area contributed by atoms with Gasteiger partial charge in [-0.3, -0.25) is 4.79 Å². The van der Waals surface area contributed by atoms with Crippen LogP contribution in [0.15, 0.2) is 249 Å². The summed E-state index contributed by atoms with van der Waals surface area (Å²) in [5, 5.41) is 18.3. The molecule has 0 saturated heterocycles. The van der Waals surface area contributed by atoms with Crippen molar-refractivity contribution in [3.8, 4) is 0 Å². The Hall–Kier alpha value is -8.42. The van der Waals surface area contributed by atoms with E-state index < -0.39 is 17.0 Å². The van der Waals surface area contributed by atoms with Crippen LogP contribution in [-0.4, -0.2) is 31.4 Å². The third-order valence-corrected chi connectivity index (χ3v) is 16.3. The third-order valence-electron chi connectivity index (χ3n) is 16.3. The highest BCUT2D eigenvalue weighted by atomic mass is 16.1. The molecule has 2 aromatic heterocycles. The number of carbonyl (C=O) groups excluding carboxylic acids is 1. The van der Waals surface area contributed by atoms with Crippen LogP contribution in [0.2, 0.25) is 0 Å². The van der Waals surface area contributed by atoms with Gasteiger partial charge in [-0.25, -0.2) is 9.67 Å². The van der Waals surface area contributed by atoms with E-state index in [-0.39, 0.29) is 23.3 Å². The molecule has 3 aliphatic carbocycles. The van der Waals surface area contributed by atoms with Crippen molar-refractivity contribution in [2.45, 2.75) is 72.9 Å². The van der Waals surface area contributed by atoms with Crippen molar-refractivity contribution in [1.82, 2.24) is 25.3 Å². The van der Waals surface area contributed by atoms with E-state index >= 15 is 4.79 Å². The van der Waals surface area contributed by atoms with Crippen LogP contribution >= 0.6 is 0 Å². The number of hydrogen-bond donors (Lipinski definition) is 2. The second kappa shape index (κ2) is 19.3. The molecule has 0 aliphatic heterocycles. The van der Waals surface area contributed by atoms with Gasteiger partial charge in [-0.1, -0.05) is 248 Å². The van der Waals surface area contributed by atoms with E-state index in [4.69, 9.17) is 15.3 Å². The van der Waals surface area contributed by atoms with Crippen LogP contribution in [0.3, 0.4) is 0 Å². The van der Waals surface area contributed by atoms with E-state index in [0.29, 0.717) is 17.0 Å². The molecule has 8 aromatic carbocycles. The van der Waals surface area contributed by atoms with E-state index in [1.807, 2.05) is 28.9 Å². The van der Waals surface area contributed by atoms with Crippen LogP contribution < -0.4 is 10.6 Å². The maximum Gasteiger partial charge on any atom is 0.221 e. The van der Waals surface area contributed by atoms with Gasteiger partial charge in [-0.05, 0) is 100 Å². The highest BCUT2D eigenvalue weighted by molar-refractivity contribution is 5.84. The highest BCUT2D eigenvalue weighted by Crippen LogP contribution is 2.54. The van der Waals surface area contributed by atoms with Crippen molar-refractivity contribution in [3.05, 3.63) is 299 Å². The monoisotopic (exact) mass is 950 g/mol. The molecule has 3 fully saturated rings. The zero-order valence-corrected chi connectivity index (χ0v) is 40.9. The summed E-state index contributed by atoms with van der Waals surface area (Å²) in [7, 11) is 0. The summed E-state index contributed by atoms with van der Waals surface area (Å²) in [6.07, 6.45) is 6.32. The topological polar surface area (TPSA) is 84.7 Å². The average molecular weight is 951 g/mol. The first-order valence-corrected chi connectivity index (χ1v) is 25.8.